The third-order valence-corrected chi connectivity index (χ3v) is 3.74. The molecule has 6 heteroatoms. The Labute approximate surface area is 145 Å². The van der Waals surface area contributed by atoms with Crippen molar-refractivity contribution < 1.29 is 18.4 Å². The molecule has 0 unspecified atom stereocenters. The summed E-state index contributed by atoms with van der Waals surface area (Å²) in [5, 5.41) is 2.79. The second kappa shape index (κ2) is 8.92. The molecule has 2 rings (SSSR count). The number of nitrogens with one attached hydrogen (secondary N) is 1. The van der Waals surface area contributed by atoms with Gasteiger partial charge < -0.3 is 10.2 Å². The summed E-state index contributed by atoms with van der Waals surface area (Å²) in [6.45, 7) is 1.90. The fourth-order valence-electron chi connectivity index (χ4n) is 2.41. The maximum atomic E-state index is 13.3. The molecule has 1 N–H and O–H groups in total. The van der Waals surface area contributed by atoms with E-state index in [-0.39, 0.29) is 30.5 Å². The summed E-state index contributed by atoms with van der Waals surface area (Å²) in [7, 11) is 0. The Hall–Kier alpha value is -2.76. The van der Waals surface area contributed by atoms with Gasteiger partial charge in [-0.05, 0) is 24.1 Å². The molecule has 2 aromatic rings. The zero-order valence-corrected chi connectivity index (χ0v) is 14.0. The van der Waals surface area contributed by atoms with E-state index in [9.17, 15) is 18.4 Å². The van der Waals surface area contributed by atoms with Crippen LogP contribution in [0.5, 0.6) is 0 Å². The van der Waals surface area contributed by atoms with E-state index in [0.717, 1.165) is 17.7 Å². The second-order valence-corrected chi connectivity index (χ2v) is 5.60. The minimum Gasteiger partial charge on any atom is -0.356 e. The van der Waals surface area contributed by atoms with E-state index in [1.807, 2.05) is 30.3 Å². The van der Waals surface area contributed by atoms with Gasteiger partial charge in [-0.2, -0.15) is 0 Å². The van der Waals surface area contributed by atoms with Crippen LogP contribution in [0.4, 0.5) is 14.5 Å². The van der Waals surface area contributed by atoms with E-state index in [1.165, 1.54) is 17.9 Å². The molecule has 0 radical (unpaired) electrons. The Kier molecular flexibility index (Phi) is 6.62. The number of rotatable bonds is 7. The minimum atomic E-state index is -1.03. The number of hydrogen-bond donors (Lipinski definition) is 1. The normalized spacial score (nSPS) is 10.4. The van der Waals surface area contributed by atoms with Gasteiger partial charge in [-0.25, -0.2) is 8.78 Å². The van der Waals surface area contributed by atoms with Crippen molar-refractivity contribution in [1.82, 2.24) is 5.32 Å². The number of carbonyl (C=O) groups is 2. The number of anilines is 1. The molecule has 0 atom stereocenters. The highest BCUT2D eigenvalue weighted by Crippen LogP contribution is 2.18. The predicted molar refractivity (Wildman–Crippen MR) is 92.2 cm³/mol. The highest BCUT2D eigenvalue weighted by atomic mass is 19.2. The zero-order valence-electron chi connectivity index (χ0n) is 14.0. The lowest BCUT2D eigenvalue weighted by atomic mass is 10.1. The molecule has 0 saturated heterocycles. The van der Waals surface area contributed by atoms with Crippen LogP contribution in [-0.2, 0) is 16.0 Å². The summed E-state index contributed by atoms with van der Waals surface area (Å²) in [5.74, 6) is -2.56. The van der Waals surface area contributed by atoms with Crippen LogP contribution in [0.1, 0.15) is 18.9 Å². The molecular formula is C19H20F2N2O2. The molecule has 2 amide bonds. The molecule has 2 aromatic carbocycles. The molecule has 0 heterocycles. The average Bonchev–Trinajstić information content (AvgIpc) is 2.59. The lowest BCUT2D eigenvalue weighted by Crippen LogP contribution is -2.34. The molecule has 132 valence electrons. The number of benzene rings is 2. The highest BCUT2D eigenvalue weighted by molar-refractivity contribution is 5.92. The van der Waals surface area contributed by atoms with Crippen LogP contribution in [0, 0.1) is 11.6 Å². The Morgan fingerprint density at radius 3 is 2.40 bits per heavy atom. The summed E-state index contributed by atoms with van der Waals surface area (Å²) >= 11 is 0. The van der Waals surface area contributed by atoms with Crippen LogP contribution in [0.2, 0.25) is 0 Å². The third-order valence-electron chi connectivity index (χ3n) is 3.74. The van der Waals surface area contributed by atoms with Gasteiger partial charge in [0.05, 0.1) is 0 Å². The number of amides is 2. The van der Waals surface area contributed by atoms with Crippen molar-refractivity contribution in [2.45, 2.75) is 19.8 Å². The van der Waals surface area contributed by atoms with E-state index in [2.05, 4.69) is 5.32 Å². The van der Waals surface area contributed by atoms with Gasteiger partial charge in [-0.15, -0.1) is 0 Å². The van der Waals surface area contributed by atoms with Crippen LogP contribution >= 0.6 is 0 Å². The first kappa shape index (κ1) is 18.6. The Balaban J connectivity index is 1.84. The standard InChI is InChI=1S/C19H20F2N2O2/c1-14(24)23(16-7-8-17(20)18(21)13-16)12-10-19(25)22-11-9-15-5-3-2-4-6-15/h2-8,13H,9-12H2,1H3,(H,22,25). The molecule has 0 bridgehead atoms. The molecule has 0 aliphatic carbocycles. The summed E-state index contributed by atoms with van der Waals surface area (Å²) in [6.07, 6.45) is 0.791. The summed E-state index contributed by atoms with van der Waals surface area (Å²) < 4.78 is 26.4. The topological polar surface area (TPSA) is 49.4 Å². The van der Waals surface area contributed by atoms with Gasteiger partial charge in [-0.1, -0.05) is 30.3 Å². The SMILES string of the molecule is CC(=O)N(CCC(=O)NCCc1ccccc1)c1ccc(F)c(F)c1. The predicted octanol–water partition coefficient (Wildman–Crippen LogP) is 3.07. The fraction of sp³-hybridized carbons (Fsp3) is 0.263. The van der Waals surface area contributed by atoms with E-state index in [0.29, 0.717) is 13.0 Å². The van der Waals surface area contributed by atoms with Crippen LogP contribution < -0.4 is 10.2 Å². The van der Waals surface area contributed by atoms with E-state index >= 15 is 0 Å². The van der Waals surface area contributed by atoms with Crippen molar-refractivity contribution in [3.63, 3.8) is 0 Å². The molecule has 0 aliphatic heterocycles. The van der Waals surface area contributed by atoms with Crippen LogP contribution in [-0.4, -0.2) is 24.9 Å². The molecule has 0 spiro atoms. The minimum absolute atomic E-state index is 0.0768. The molecule has 0 fully saturated rings. The number of halogens is 2. The monoisotopic (exact) mass is 346 g/mol. The first-order valence-corrected chi connectivity index (χ1v) is 8.01. The van der Waals surface area contributed by atoms with Crippen molar-refractivity contribution in [1.29, 1.82) is 0 Å². The summed E-state index contributed by atoms with van der Waals surface area (Å²) in [6, 6.07) is 13.0. The van der Waals surface area contributed by atoms with Gasteiger partial charge in [0.15, 0.2) is 11.6 Å². The van der Waals surface area contributed by atoms with Crippen LogP contribution in [0.15, 0.2) is 48.5 Å². The molecule has 4 nitrogen and oxygen atoms in total. The quantitative estimate of drug-likeness (QED) is 0.838. The first-order chi connectivity index (χ1) is 12.0. The van der Waals surface area contributed by atoms with Gasteiger partial charge in [0.1, 0.15) is 0 Å². The Morgan fingerprint density at radius 2 is 1.76 bits per heavy atom. The fourth-order valence-corrected chi connectivity index (χ4v) is 2.41. The van der Waals surface area contributed by atoms with Crippen molar-refractivity contribution in [3.8, 4) is 0 Å². The first-order valence-electron chi connectivity index (χ1n) is 8.01. The number of carbonyl (C=O) groups excluding carboxylic acids is 2. The highest BCUT2D eigenvalue weighted by Gasteiger charge is 2.15. The van der Waals surface area contributed by atoms with Crippen molar-refractivity contribution >= 4 is 17.5 Å². The summed E-state index contributed by atoms with van der Waals surface area (Å²) in [5.41, 5.74) is 1.35. The zero-order chi connectivity index (χ0) is 18.2. The molecular weight excluding hydrogens is 326 g/mol. The van der Waals surface area contributed by atoms with Crippen molar-refractivity contribution in [2.24, 2.45) is 0 Å². The third kappa shape index (κ3) is 5.67. The Morgan fingerprint density at radius 1 is 1.04 bits per heavy atom. The lowest BCUT2D eigenvalue weighted by molar-refractivity contribution is -0.121. The van der Waals surface area contributed by atoms with Crippen molar-refractivity contribution in [3.05, 3.63) is 65.7 Å². The van der Waals surface area contributed by atoms with E-state index < -0.39 is 11.6 Å². The largest absolute Gasteiger partial charge is 0.356 e. The average molecular weight is 346 g/mol. The van der Waals surface area contributed by atoms with Gasteiger partial charge >= 0.3 is 0 Å². The van der Waals surface area contributed by atoms with Crippen molar-refractivity contribution in [2.75, 3.05) is 18.0 Å². The van der Waals surface area contributed by atoms with Gasteiger partial charge in [0, 0.05) is 38.2 Å². The smallest absolute Gasteiger partial charge is 0.223 e. The maximum Gasteiger partial charge on any atom is 0.223 e. The van der Waals surface area contributed by atoms with Gasteiger partial charge in [0.25, 0.3) is 0 Å². The van der Waals surface area contributed by atoms with Gasteiger partial charge in [-0.3, -0.25) is 9.59 Å². The maximum absolute atomic E-state index is 13.3. The molecule has 0 aromatic heterocycles. The summed E-state index contributed by atoms with van der Waals surface area (Å²) in [4.78, 5) is 24.9. The lowest BCUT2D eigenvalue weighted by Gasteiger charge is -2.21. The van der Waals surface area contributed by atoms with Crippen LogP contribution in [0.25, 0.3) is 0 Å². The van der Waals surface area contributed by atoms with E-state index in [4.69, 9.17) is 0 Å². The number of hydrogen-bond acceptors (Lipinski definition) is 2. The molecule has 0 aliphatic rings. The Bertz CT molecular complexity index is 735. The van der Waals surface area contributed by atoms with Gasteiger partial charge in [0.2, 0.25) is 11.8 Å². The van der Waals surface area contributed by atoms with E-state index in [1.54, 1.807) is 0 Å². The molecule has 25 heavy (non-hydrogen) atoms. The molecule has 0 saturated carbocycles. The second-order valence-electron chi connectivity index (χ2n) is 5.60. The van der Waals surface area contributed by atoms with Crippen LogP contribution in [0.3, 0.4) is 0 Å². The number of nitrogens with zero attached hydrogens (tertiary/aromatic N) is 1.